The van der Waals surface area contributed by atoms with Gasteiger partial charge in [-0.15, -0.1) is 11.3 Å². The highest BCUT2D eigenvalue weighted by molar-refractivity contribution is 7.15. The van der Waals surface area contributed by atoms with Gasteiger partial charge in [0, 0.05) is 0 Å². The molecule has 0 saturated carbocycles. The van der Waals surface area contributed by atoms with Crippen molar-refractivity contribution in [2.45, 2.75) is 13.8 Å². The lowest BCUT2D eigenvalue weighted by atomic mass is 10.3. The van der Waals surface area contributed by atoms with Gasteiger partial charge >= 0.3 is 0 Å². The summed E-state index contributed by atoms with van der Waals surface area (Å²) < 4.78 is 0. The van der Waals surface area contributed by atoms with E-state index in [4.69, 9.17) is 5.73 Å². The average molecular weight is 244 g/mol. The van der Waals surface area contributed by atoms with Crippen molar-refractivity contribution < 1.29 is 0 Å². The molecule has 5 heteroatoms. The van der Waals surface area contributed by atoms with Gasteiger partial charge in [-0.25, -0.2) is 9.97 Å². The smallest absolute Gasteiger partial charge is 0.150 e. The SMILES string of the molecule is Cc1nc(C)c(-c2nc3c(N)cccc3[nH]2)s1. The summed E-state index contributed by atoms with van der Waals surface area (Å²) in [7, 11) is 0. The Labute approximate surface area is 103 Å². The molecule has 0 unspecified atom stereocenters. The maximum absolute atomic E-state index is 5.90. The van der Waals surface area contributed by atoms with E-state index in [1.807, 2.05) is 32.0 Å². The van der Waals surface area contributed by atoms with E-state index in [9.17, 15) is 0 Å². The van der Waals surface area contributed by atoms with Crippen molar-refractivity contribution in [1.82, 2.24) is 15.0 Å². The molecule has 0 amide bonds. The summed E-state index contributed by atoms with van der Waals surface area (Å²) in [5.74, 6) is 0.848. The quantitative estimate of drug-likeness (QED) is 0.647. The van der Waals surface area contributed by atoms with Gasteiger partial charge in [-0.1, -0.05) is 6.07 Å². The van der Waals surface area contributed by atoms with Crippen LogP contribution in [0.1, 0.15) is 10.7 Å². The first-order valence-electron chi connectivity index (χ1n) is 5.34. The van der Waals surface area contributed by atoms with Crippen LogP contribution in [0.3, 0.4) is 0 Å². The zero-order valence-electron chi connectivity index (χ0n) is 9.61. The van der Waals surface area contributed by atoms with Gasteiger partial charge in [0.25, 0.3) is 0 Å². The van der Waals surface area contributed by atoms with E-state index in [1.165, 1.54) is 0 Å². The van der Waals surface area contributed by atoms with E-state index in [0.29, 0.717) is 5.69 Å². The molecule has 0 saturated heterocycles. The van der Waals surface area contributed by atoms with Crippen LogP contribution < -0.4 is 5.73 Å². The van der Waals surface area contributed by atoms with Crippen molar-refractivity contribution in [2.24, 2.45) is 0 Å². The van der Waals surface area contributed by atoms with E-state index in [0.717, 1.165) is 32.4 Å². The van der Waals surface area contributed by atoms with Crippen LogP contribution in [0.4, 0.5) is 5.69 Å². The molecule has 0 fully saturated rings. The zero-order chi connectivity index (χ0) is 12.0. The molecule has 0 radical (unpaired) electrons. The average Bonchev–Trinajstić information content (AvgIpc) is 2.82. The summed E-state index contributed by atoms with van der Waals surface area (Å²) in [5.41, 5.74) is 9.39. The van der Waals surface area contributed by atoms with Crippen LogP contribution in [0, 0.1) is 13.8 Å². The lowest BCUT2D eigenvalue weighted by molar-refractivity contribution is 1.19. The predicted molar refractivity (Wildman–Crippen MR) is 71.1 cm³/mol. The highest BCUT2D eigenvalue weighted by Gasteiger charge is 2.12. The number of benzene rings is 1. The highest BCUT2D eigenvalue weighted by Crippen LogP contribution is 2.30. The number of anilines is 1. The van der Waals surface area contributed by atoms with Crippen LogP contribution in [0.25, 0.3) is 21.7 Å². The minimum absolute atomic E-state index is 0.698. The summed E-state index contributed by atoms with van der Waals surface area (Å²) in [5, 5.41) is 1.05. The van der Waals surface area contributed by atoms with Gasteiger partial charge in [-0.3, -0.25) is 0 Å². The van der Waals surface area contributed by atoms with Gasteiger partial charge in [0.15, 0.2) is 5.82 Å². The van der Waals surface area contributed by atoms with E-state index >= 15 is 0 Å². The van der Waals surface area contributed by atoms with Crippen LogP contribution in [-0.2, 0) is 0 Å². The molecule has 86 valence electrons. The van der Waals surface area contributed by atoms with Crippen LogP contribution >= 0.6 is 11.3 Å². The van der Waals surface area contributed by atoms with Gasteiger partial charge in [-0.2, -0.15) is 0 Å². The van der Waals surface area contributed by atoms with E-state index in [2.05, 4.69) is 15.0 Å². The molecule has 0 bridgehead atoms. The first-order valence-corrected chi connectivity index (χ1v) is 6.15. The molecule has 2 heterocycles. The molecule has 2 aromatic heterocycles. The fraction of sp³-hybridized carbons (Fsp3) is 0.167. The molecule has 0 atom stereocenters. The third-order valence-corrected chi connectivity index (χ3v) is 3.74. The number of hydrogen-bond donors (Lipinski definition) is 2. The standard InChI is InChI=1S/C12H12N4S/c1-6-11(17-7(2)14-6)12-15-9-5-3-4-8(13)10(9)16-12/h3-5H,13H2,1-2H3,(H,15,16). The van der Waals surface area contributed by atoms with Crippen molar-refractivity contribution in [3.05, 3.63) is 28.9 Å². The van der Waals surface area contributed by atoms with Crippen LogP contribution in [0.2, 0.25) is 0 Å². The fourth-order valence-corrected chi connectivity index (χ4v) is 2.78. The Kier molecular flexibility index (Phi) is 2.16. The number of hydrogen-bond acceptors (Lipinski definition) is 4. The molecule has 0 aliphatic carbocycles. The van der Waals surface area contributed by atoms with Crippen LogP contribution in [0.5, 0.6) is 0 Å². The Morgan fingerprint density at radius 1 is 1.24 bits per heavy atom. The number of thiazole rings is 1. The molecule has 0 aliphatic heterocycles. The zero-order valence-corrected chi connectivity index (χ0v) is 10.4. The minimum atomic E-state index is 0.698. The van der Waals surface area contributed by atoms with Gasteiger partial charge in [0.05, 0.1) is 26.8 Å². The number of aromatic amines is 1. The van der Waals surface area contributed by atoms with Crippen molar-refractivity contribution in [3.63, 3.8) is 0 Å². The summed E-state index contributed by atoms with van der Waals surface area (Å²) in [6, 6.07) is 5.76. The normalized spacial score (nSPS) is 11.2. The van der Waals surface area contributed by atoms with Gasteiger partial charge in [0.2, 0.25) is 0 Å². The third-order valence-electron chi connectivity index (χ3n) is 2.66. The molecule has 3 aromatic rings. The lowest BCUT2D eigenvalue weighted by Crippen LogP contribution is -1.85. The lowest BCUT2D eigenvalue weighted by Gasteiger charge is -1.91. The topological polar surface area (TPSA) is 67.6 Å². The number of nitrogens with one attached hydrogen (secondary N) is 1. The van der Waals surface area contributed by atoms with Gasteiger partial charge < -0.3 is 10.7 Å². The number of nitrogens with zero attached hydrogens (tertiary/aromatic N) is 2. The Hall–Kier alpha value is -1.88. The number of nitrogen functional groups attached to an aromatic ring is 1. The second kappa shape index (κ2) is 3.56. The van der Waals surface area contributed by atoms with Crippen molar-refractivity contribution in [3.8, 4) is 10.7 Å². The molecule has 0 spiro atoms. The Balaban J connectivity index is 2.25. The Bertz CT molecular complexity index is 696. The molecular weight excluding hydrogens is 232 g/mol. The summed E-state index contributed by atoms with van der Waals surface area (Å²) in [6.45, 7) is 3.99. The minimum Gasteiger partial charge on any atom is -0.397 e. The van der Waals surface area contributed by atoms with Crippen molar-refractivity contribution in [2.75, 3.05) is 5.73 Å². The molecule has 17 heavy (non-hydrogen) atoms. The largest absolute Gasteiger partial charge is 0.397 e. The summed E-state index contributed by atoms with van der Waals surface area (Å²) >= 11 is 1.64. The second-order valence-electron chi connectivity index (χ2n) is 3.98. The van der Waals surface area contributed by atoms with Crippen molar-refractivity contribution in [1.29, 1.82) is 0 Å². The van der Waals surface area contributed by atoms with Crippen LogP contribution in [-0.4, -0.2) is 15.0 Å². The number of imidazole rings is 1. The van der Waals surface area contributed by atoms with E-state index in [-0.39, 0.29) is 0 Å². The highest BCUT2D eigenvalue weighted by atomic mass is 32.1. The number of H-pyrrole nitrogens is 1. The fourth-order valence-electron chi connectivity index (χ4n) is 1.91. The molecule has 1 aromatic carbocycles. The first kappa shape index (κ1) is 10.3. The predicted octanol–water partition coefficient (Wildman–Crippen LogP) is 2.89. The van der Waals surface area contributed by atoms with Crippen LogP contribution in [0.15, 0.2) is 18.2 Å². The summed E-state index contributed by atoms with van der Waals surface area (Å²) in [4.78, 5) is 13.3. The molecule has 4 nitrogen and oxygen atoms in total. The van der Waals surface area contributed by atoms with E-state index in [1.54, 1.807) is 11.3 Å². The molecule has 0 aliphatic rings. The molecular formula is C12H12N4S. The summed E-state index contributed by atoms with van der Waals surface area (Å²) in [6.07, 6.45) is 0. The molecule has 3 N–H and O–H groups in total. The Morgan fingerprint density at radius 3 is 2.71 bits per heavy atom. The number of aromatic nitrogens is 3. The molecule has 3 rings (SSSR count). The number of nitrogens with two attached hydrogens (primary N) is 1. The number of para-hydroxylation sites is 1. The van der Waals surface area contributed by atoms with Gasteiger partial charge in [-0.05, 0) is 26.0 Å². The Morgan fingerprint density at radius 2 is 2.06 bits per heavy atom. The number of fused-ring (bicyclic) bond motifs is 1. The number of rotatable bonds is 1. The maximum Gasteiger partial charge on any atom is 0.150 e. The first-order chi connectivity index (χ1) is 8.15. The number of aryl methyl sites for hydroxylation is 2. The maximum atomic E-state index is 5.90. The van der Waals surface area contributed by atoms with Crippen molar-refractivity contribution >= 4 is 28.1 Å². The van der Waals surface area contributed by atoms with Gasteiger partial charge in [0.1, 0.15) is 5.52 Å². The second-order valence-corrected chi connectivity index (χ2v) is 5.18. The third kappa shape index (κ3) is 1.59. The monoisotopic (exact) mass is 244 g/mol. The van der Waals surface area contributed by atoms with E-state index < -0.39 is 0 Å².